The standard InChI is InChI=1S/C14H11N3O/c15-14(18)11-2-1-10-5-8-17(13(10)9-11)12-3-6-16-7-4-12/h1-9H,(H2,15,18). The number of amides is 1. The van der Waals surface area contributed by atoms with Gasteiger partial charge in [-0.1, -0.05) is 6.07 Å². The number of hydrogen-bond acceptors (Lipinski definition) is 2. The van der Waals surface area contributed by atoms with Crippen molar-refractivity contribution in [3.63, 3.8) is 0 Å². The smallest absolute Gasteiger partial charge is 0.248 e. The predicted molar refractivity (Wildman–Crippen MR) is 69.6 cm³/mol. The largest absolute Gasteiger partial charge is 0.366 e. The molecular formula is C14H11N3O. The van der Waals surface area contributed by atoms with E-state index >= 15 is 0 Å². The van der Waals surface area contributed by atoms with Gasteiger partial charge < -0.3 is 10.3 Å². The van der Waals surface area contributed by atoms with E-state index in [1.54, 1.807) is 24.5 Å². The SMILES string of the molecule is NC(=O)c1ccc2ccn(-c3ccncc3)c2c1. The zero-order valence-corrected chi connectivity index (χ0v) is 9.58. The molecule has 0 aliphatic rings. The van der Waals surface area contributed by atoms with Gasteiger partial charge in [-0.2, -0.15) is 0 Å². The average molecular weight is 237 g/mol. The number of primary amides is 1. The highest BCUT2D eigenvalue weighted by atomic mass is 16.1. The van der Waals surface area contributed by atoms with Crippen LogP contribution in [0, 0.1) is 0 Å². The topological polar surface area (TPSA) is 60.9 Å². The van der Waals surface area contributed by atoms with Gasteiger partial charge in [0.05, 0.1) is 5.52 Å². The summed E-state index contributed by atoms with van der Waals surface area (Å²) in [6.45, 7) is 0. The Morgan fingerprint density at radius 1 is 1.11 bits per heavy atom. The van der Waals surface area contributed by atoms with Crippen molar-refractivity contribution in [1.82, 2.24) is 9.55 Å². The number of carbonyl (C=O) groups excluding carboxylic acids is 1. The van der Waals surface area contributed by atoms with Crippen LogP contribution in [0.5, 0.6) is 0 Å². The minimum atomic E-state index is -0.417. The molecule has 1 aromatic carbocycles. The van der Waals surface area contributed by atoms with Crippen molar-refractivity contribution in [1.29, 1.82) is 0 Å². The first-order chi connectivity index (χ1) is 8.75. The van der Waals surface area contributed by atoms with Crippen LogP contribution in [0.3, 0.4) is 0 Å². The minimum Gasteiger partial charge on any atom is -0.366 e. The van der Waals surface area contributed by atoms with Crippen molar-refractivity contribution in [2.24, 2.45) is 5.73 Å². The van der Waals surface area contributed by atoms with Crippen molar-refractivity contribution in [2.75, 3.05) is 0 Å². The molecule has 0 saturated carbocycles. The summed E-state index contributed by atoms with van der Waals surface area (Å²) in [6.07, 6.45) is 5.43. The van der Waals surface area contributed by atoms with Crippen LogP contribution < -0.4 is 5.73 Å². The molecule has 0 radical (unpaired) electrons. The highest BCUT2D eigenvalue weighted by Crippen LogP contribution is 2.21. The first-order valence-electron chi connectivity index (χ1n) is 5.57. The molecule has 4 heteroatoms. The van der Waals surface area contributed by atoms with Gasteiger partial charge in [-0.15, -0.1) is 0 Å². The summed E-state index contributed by atoms with van der Waals surface area (Å²) in [7, 11) is 0. The third-order valence-corrected chi connectivity index (χ3v) is 2.92. The molecule has 3 rings (SSSR count). The normalized spacial score (nSPS) is 10.7. The Morgan fingerprint density at radius 2 is 1.89 bits per heavy atom. The third-order valence-electron chi connectivity index (χ3n) is 2.92. The molecule has 0 atom stereocenters. The summed E-state index contributed by atoms with van der Waals surface area (Å²) in [5.74, 6) is -0.417. The number of benzene rings is 1. The molecule has 0 aliphatic carbocycles. The molecular weight excluding hydrogens is 226 g/mol. The number of fused-ring (bicyclic) bond motifs is 1. The number of carbonyl (C=O) groups is 1. The van der Waals surface area contributed by atoms with Crippen LogP contribution in [0.1, 0.15) is 10.4 Å². The average Bonchev–Trinajstić information content (AvgIpc) is 2.82. The first kappa shape index (κ1) is 10.5. The quantitative estimate of drug-likeness (QED) is 0.742. The van der Waals surface area contributed by atoms with E-state index < -0.39 is 5.91 Å². The molecule has 0 fully saturated rings. The van der Waals surface area contributed by atoms with E-state index in [1.807, 2.05) is 35.0 Å². The number of rotatable bonds is 2. The van der Waals surface area contributed by atoms with Gasteiger partial charge in [0.2, 0.25) is 5.91 Å². The van der Waals surface area contributed by atoms with Gasteiger partial charge in [-0.25, -0.2) is 0 Å². The van der Waals surface area contributed by atoms with Crippen LogP contribution in [0.15, 0.2) is 55.0 Å². The van der Waals surface area contributed by atoms with Crippen molar-refractivity contribution in [2.45, 2.75) is 0 Å². The summed E-state index contributed by atoms with van der Waals surface area (Å²) in [5.41, 5.74) is 7.77. The second-order valence-corrected chi connectivity index (χ2v) is 4.03. The lowest BCUT2D eigenvalue weighted by molar-refractivity contribution is 0.100. The van der Waals surface area contributed by atoms with Crippen molar-refractivity contribution in [3.05, 3.63) is 60.6 Å². The molecule has 1 amide bonds. The maximum Gasteiger partial charge on any atom is 0.248 e. The second kappa shape index (κ2) is 4.00. The lowest BCUT2D eigenvalue weighted by atomic mass is 10.1. The molecule has 18 heavy (non-hydrogen) atoms. The van der Waals surface area contributed by atoms with Gasteiger partial charge in [0, 0.05) is 29.8 Å². The lowest BCUT2D eigenvalue weighted by Crippen LogP contribution is -2.10. The molecule has 0 unspecified atom stereocenters. The van der Waals surface area contributed by atoms with E-state index in [9.17, 15) is 4.79 Å². The zero-order chi connectivity index (χ0) is 12.5. The van der Waals surface area contributed by atoms with E-state index in [2.05, 4.69) is 4.98 Å². The Bertz CT molecular complexity index is 716. The lowest BCUT2D eigenvalue weighted by Gasteiger charge is -2.05. The summed E-state index contributed by atoms with van der Waals surface area (Å²) >= 11 is 0. The summed E-state index contributed by atoms with van der Waals surface area (Å²) in [4.78, 5) is 15.2. The molecule has 0 saturated heterocycles. The Kier molecular flexibility index (Phi) is 2.34. The second-order valence-electron chi connectivity index (χ2n) is 4.03. The molecule has 2 heterocycles. The van der Waals surface area contributed by atoms with Gasteiger partial charge in [-0.05, 0) is 35.7 Å². The minimum absolute atomic E-state index is 0.417. The highest BCUT2D eigenvalue weighted by molar-refractivity contribution is 5.97. The van der Waals surface area contributed by atoms with Crippen LogP contribution in [0.2, 0.25) is 0 Å². The molecule has 2 aromatic heterocycles. The van der Waals surface area contributed by atoms with Gasteiger partial charge in [0.15, 0.2) is 0 Å². The van der Waals surface area contributed by atoms with E-state index in [0.717, 1.165) is 16.6 Å². The highest BCUT2D eigenvalue weighted by Gasteiger charge is 2.06. The van der Waals surface area contributed by atoms with Crippen LogP contribution in [0.4, 0.5) is 0 Å². The van der Waals surface area contributed by atoms with Crippen molar-refractivity contribution >= 4 is 16.8 Å². The number of nitrogens with two attached hydrogens (primary N) is 1. The van der Waals surface area contributed by atoms with Crippen LogP contribution >= 0.6 is 0 Å². The maximum atomic E-state index is 11.2. The molecule has 3 aromatic rings. The Labute approximate surface area is 104 Å². The van der Waals surface area contributed by atoms with Crippen LogP contribution in [-0.2, 0) is 0 Å². The Balaban J connectivity index is 2.24. The van der Waals surface area contributed by atoms with E-state index in [0.29, 0.717) is 5.56 Å². The van der Waals surface area contributed by atoms with Crippen LogP contribution in [0.25, 0.3) is 16.6 Å². The molecule has 0 aliphatic heterocycles. The predicted octanol–water partition coefficient (Wildman–Crippen LogP) is 2.12. The number of hydrogen-bond donors (Lipinski definition) is 1. The van der Waals surface area contributed by atoms with Gasteiger partial charge in [0.25, 0.3) is 0 Å². The van der Waals surface area contributed by atoms with Gasteiger partial charge in [0.1, 0.15) is 0 Å². The summed E-state index contributed by atoms with van der Waals surface area (Å²) < 4.78 is 2.00. The zero-order valence-electron chi connectivity index (χ0n) is 9.58. The number of pyridine rings is 1. The van der Waals surface area contributed by atoms with Crippen LogP contribution in [-0.4, -0.2) is 15.5 Å². The molecule has 2 N–H and O–H groups in total. The van der Waals surface area contributed by atoms with Gasteiger partial charge in [-0.3, -0.25) is 9.78 Å². The fourth-order valence-electron chi connectivity index (χ4n) is 2.01. The monoisotopic (exact) mass is 237 g/mol. The van der Waals surface area contributed by atoms with Crippen molar-refractivity contribution < 1.29 is 4.79 Å². The fraction of sp³-hybridized carbons (Fsp3) is 0. The molecule has 0 spiro atoms. The molecule has 4 nitrogen and oxygen atoms in total. The van der Waals surface area contributed by atoms with E-state index in [4.69, 9.17) is 5.73 Å². The molecule has 88 valence electrons. The van der Waals surface area contributed by atoms with E-state index in [1.165, 1.54) is 0 Å². The Hall–Kier alpha value is -2.62. The Morgan fingerprint density at radius 3 is 2.61 bits per heavy atom. The fourth-order valence-corrected chi connectivity index (χ4v) is 2.01. The maximum absolute atomic E-state index is 11.2. The first-order valence-corrected chi connectivity index (χ1v) is 5.57. The van der Waals surface area contributed by atoms with Gasteiger partial charge >= 0.3 is 0 Å². The summed E-state index contributed by atoms with van der Waals surface area (Å²) in [5, 5.41) is 1.07. The molecule has 0 bridgehead atoms. The van der Waals surface area contributed by atoms with E-state index in [-0.39, 0.29) is 0 Å². The third kappa shape index (κ3) is 1.64. The van der Waals surface area contributed by atoms with Crippen molar-refractivity contribution in [3.8, 4) is 5.69 Å². The number of nitrogens with zero attached hydrogens (tertiary/aromatic N) is 2. The number of aromatic nitrogens is 2. The summed E-state index contributed by atoms with van der Waals surface area (Å²) in [6, 6.07) is 11.3.